The van der Waals surface area contributed by atoms with Gasteiger partial charge in [-0.25, -0.2) is 4.98 Å². The van der Waals surface area contributed by atoms with Crippen molar-refractivity contribution in [1.82, 2.24) is 20.2 Å². The molecule has 0 unspecified atom stereocenters. The number of anilines is 1. The molecule has 0 saturated carbocycles. The number of para-hydroxylation sites is 1. The van der Waals surface area contributed by atoms with Crippen LogP contribution < -0.4 is 10.2 Å². The molecule has 0 atom stereocenters. The molecule has 0 spiro atoms. The number of rotatable bonds is 6. The highest BCUT2D eigenvalue weighted by Gasteiger charge is 2.28. The zero-order valence-electron chi connectivity index (χ0n) is 24.6. The van der Waals surface area contributed by atoms with Gasteiger partial charge in [0, 0.05) is 42.2 Å². The first-order chi connectivity index (χ1) is 19.1. The van der Waals surface area contributed by atoms with Crippen molar-refractivity contribution in [2.24, 2.45) is 11.3 Å². The van der Waals surface area contributed by atoms with E-state index in [-0.39, 0.29) is 17.7 Å². The van der Waals surface area contributed by atoms with Crippen molar-refractivity contribution < 1.29 is 9.59 Å². The number of piperidine rings is 1. The van der Waals surface area contributed by atoms with Crippen LogP contribution in [0.1, 0.15) is 73.0 Å². The Hall–Kier alpha value is -3.45. The first-order valence-corrected chi connectivity index (χ1v) is 14.7. The van der Waals surface area contributed by atoms with Gasteiger partial charge in [0.05, 0.1) is 11.4 Å². The largest absolute Gasteiger partial charge is 0.352 e. The van der Waals surface area contributed by atoms with E-state index in [0.717, 1.165) is 78.5 Å². The van der Waals surface area contributed by atoms with Gasteiger partial charge in [0.15, 0.2) is 0 Å². The highest BCUT2D eigenvalue weighted by molar-refractivity contribution is 6.08. The molecule has 3 heterocycles. The molecule has 40 heavy (non-hydrogen) atoms. The highest BCUT2D eigenvalue weighted by Crippen LogP contribution is 2.36. The first kappa shape index (κ1) is 28.1. The Morgan fingerprint density at radius 2 is 1.80 bits per heavy atom. The van der Waals surface area contributed by atoms with Crippen LogP contribution in [0.25, 0.3) is 11.3 Å². The van der Waals surface area contributed by atoms with Crippen molar-refractivity contribution in [3.63, 3.8) is 0 Å². The number of H-pyrrole nitrogens is 1. The van der Waals surface area contributed by atoms with Crippen molar-refractivity contribution in [3.05, 3.63) is 70.7 Å². The van der Waals surface area contributed by atoms with Gasteiger partial charge < -0.3 is 20.1 Å². The van der Waals surface area contributed by atoms with E-state index >= 15 is 0 Å². The lowest BCUT2D eigenvalue weighted by molar-refractivity contribution is -0.126. The normalized spacial score (nSPS) is 16.3. The molecule has 1 aromatic heterocycles. The van der Waals surface area contributed by atoms with Gasteiger partial charge in [-0.2, -0.15) is 0 Å². The average Bonchev–Trinajstić information content (AvgIpc) is 3.24. The zero-order valence-corrected chi connectivity index (χ0v) is 24.6. The third-order valence-corrected chi connectivity index (χ3v) is 8.36. The predicted octanol–water partition coefficient (Wildman–Crippen LogP) is 5.66. The number of hydrogen-bond donors (Lipinski definition) is 2. The lowest BCUT2D eigenvalue weighted by Crippen LogP contribution is -2.41. The van der Waals surface area contributed by atoms with Crippen molar-refractivity contribution in [3.8, 4) is 11.3 Å². The van der Waals surface area contributed by atoms with Gasteiger partial charge in [-0.05, 0) is 87.5 Å². The Bertz CT molecular complexity index is 1380. The molecule has 1 fully saturated rings. The maximum Gasteiger partial charge on any atom is 0.258 e. The number of carbonyl (C=O) groups is 2. The number of imidazole rings is 1. The smallest absolute Gasteiger partial charge is 0.258 e. The summed E-state index contributed by atoms with van der Waals surface area (Å²) in [6.07, 6.45) is 3.72. The summed E-state index contributed by atoms with van der Waals surface area (Å²) < 4.78 is 0. The van der Waals surface area contributed by atoms with E-state index in [9.17, 15) is 9.59 Å². The van der Waals surface area contributed by atoms with Gasteiger partial charge >= 0.3 is 0 Å². The SMILES string of the molecule is Cc1nc2c([nH]1)CCN(C(=O)c1ccc(CNC(=O)C3CCN(CCC(C)(C)C)CC3)c(C)c1)c1ccccc1-2. The second-order valence-electron chi connectivity index (χ2n) is 12.7. The molecular weight excluding hydrogens is 498 g/mol. The van der Waals surface area contributed by atoms with Gasteiger partial charge in [0.1, 0.15) is 5.82 Å². The Balaban J connectivity index is 1.20. The predicted molar refractivity (Wildman–Crippen MR) is 160 cm³/mol. The van der Waals surface area contributed by atoms with Crippen LogP contribution >= 0.6 is 0 Å². The summed E-state index contributed by atoms with van der Waals surface area (Å²) in [5.74, 6) is 1.09. The molecule has 7 nitrogen and oxygen atoms in total. The van der Waals surface area contributed by atoms with Crippen LogP contribution in [-0.4, -0.2) is 52.9 Å². The molecule has 0 bridgehead atoms. The fourth-order valence-electron chi connectivity index (χ4n) is 5.83. The molecule has 7 heteroatoms. The summed E-state index contributed by atoms with van der Waals surface area (Å²) in [5, 5.41) is 3.16. The van der Waals surface area contributed by atoms with Crippen LogP contribution in [-0.2, 0) is 17.8 Å². The van der Waals surface area contributed by atoms with Gasteiger partial charge in [-0.1, -0.05) is 45.0 Å². The summed E-state index contributed by atoms with van der Waals surface area (Å²) in [6.45, 7) is 15.0. The van der Waals surface area contributed by atoms with Crippen LogP contribution in [0.2, 0.25) is 0 Å². The summed E-state index contributed by atoms with van der Waals surface area (Å²) in [7, 11) is 0. The fourth-order valence-corrected chi connectivity index (χ4v) is 5.83. The molecule has 212 valence electrons. The van der Waals surface area contributed by atoms with Crippen LogP contribution in [0.15, 0.2) is 42.5 Å². The summed E-state index contributed by atoms with van der Waals surface area (Å²) in [6, 6.07) is 13.8. The number of aromatic amines is 1. The molecule has 2 aromatic carbocycles. The maximum absolute atomic E-state index is 13.7. The Morgan fingerprint density at radius 3 is 2.52 bits per heavy atom. The molecule has 2 N–H and O–H groups in total. The number of nitrogens with zero attached hydrogens (tertiary/aromatic N) is 3. The van der Waals surface area contributed by atoms with Crippen molar-refractivity contribution in [2.45, 2.75) is 66.8 Å². The van der Waals surface area contributed by atoms with Gasteiger partial charge in [0.25, 0.3) is 5.91 Å². The van der Waals surface area contributed by atoms with E-state index in [0.29, 0.717) is 24.1 Å². The molecule has 0 aliphatic carbocycles. The van der Waals surface area contributed by atoms with E-state index in [1.54, 1.807) is 0 Å². The van der Waals surface area contributed by atoms with E-state index in [1.807, 2.05) is 61.2 Å². The number of aryl methyl sites for hydroxylation is 2. The monoisotopic (exact) mass is 541 g/mol. The van der Waals surface area contributed by atoms with Gasteiger partial charge in [0.2, 0.25) is 5.91 Å². The Kier molecular flexibility index (Phi) is 8.13. The number of aromatic nitrogens is 2. The Labute approximate surface area is 238 Å². The number of carbonyl (C=O) groups excluding carboxylic acids is 2. The second kappa shape index (κ2) is 11.6. The number of fused-ring (bicyclic) bond motifs is 3. The van der Waals surface area contributed by atoms with Crippen LogP contribution in [0, 0.1) is 25.2 Å². The molecule has 2 amide bonds. The van der Waals surface area contributed by atoms with Crippen LogP contribution in [0.4, 0.5) is 5.69 Å². The number of hydrogen-bond acceptors (Lipinski definition) is 4. The zero-order chi connectivity index (χ0) is 28.4. The van der Waals surface area contributed by atoms with Crippen molar-refractivity contribution in [1.29, 1.82) is 0 Å². The lowest BCUT2D eigenvalue weighted by atomic mass is 9.90. The maximum atomic E-state index is 13.7. The van der Waals surface area contributed by atoms with E-state index in [1.165, 1.54) is 6.42 Å². The number of likely N-dealkylation sites (tertiary alicyclic amines) is 1. The molecule has 2 aliphatic heterocycles. The second-order valence-corrected chi connectivity index (χ2v) is 12.7. The van der Waals surface area contributed by atoms with E-state index < -0.39 is 0 Å². The quantitative estimate of drug-likeness (QED) is 0.422. The van der Waals surface area contributed by atoms with Gasteiger partial charge in [-0.3, -0.25) is 9.59 Å². The molecule has 0 radical (unpaired) electrons. The Morgan fingerprint density at radius 1 is 1.05 bits per heavy atom. The minimum absolute atomic E-state index is 0.0220. The molecule has 3 aromatic rings. The molecule has 1 saturated heterocycles. The van der Waals surface area contributed by atoms with E-state index in [4.69, 9.17) is 4.98 Å². The van der Waals surface area contributed by atoms with Crippen LogP contribution in [0.5, 0.6) is 0 Å². The minimum atomic E-state index is -0.0220. The van der Waals surface area contributed by atoms with E-state index in [2.05, 4.69) is 36.0 Å². The molecule has 2 aliphatic rings. The third kappa shape index (κ3) is 6.30. The highest BCUT2D eigenvalue weighted by atomic mass is 16.2. The number of amides is 2. The number of benzene rings is 2. The topological polar surface area (TPSA) is 81.3 Å². The first-order valence-electron chi connectivity index (χ1n) is 14.7. The molecule has 5 rings (SSSR count). The minimum Gasteiger partial charge on any atom is -0.352 e. The summed E-state index contributed by atoms with van der Waals surface area (Å²) >= 11 is 0. The summed E-state index contributed by atoms with van der Waals surface area (Å²) in [4.78, 5) is 39.1. The standard InChI is InChI=1S/C33H43N5O2/c1-22-20-25(32(40)38-18-14-28-30(36-23(2)35-28)27-8-6-7-9-29(27)38)10-11-26(22)21-34-31(39)24-12-16-37(17-13-24)19-15-33(3,4)5/h6-11,20,24H,12-19,21H2,1-5H3,(H,34,39)(H,35,36). The van der Waals surface area contributed by atoms with Crippen molar-refractivity contribution in [2.75, 3.05) is 31.1 Å². The van der Waals surface area contributed by atoms with Crippen molar-refractivity contribution >= 4 is 17.5 Å². The lowest BCUT2D eigenvalue weighted by Gasteiger charge is -2.33. The van der Waals surface area contributed by atoms with Gasteiger partial charge in [-0.15, -0.1) is 0 Å². The molecular formula is C33H43N5O2. The summed E-state index contributed by atoms with van der Waals surface area (Å²) in [5.41, 5.74) is 6.90. The third-order valence-electron chi connectivity index (χ3n) is 8.36. The number of nitrogens with one attached hydrogen (secondary N) is 2. The average molecular weight is 542 g/mol. The fraction of sp³-hybridized carbons (Fsp3) is 0.485. The van der Waals surface area contributed by atoms with Crippen LogP contribution in [0.3, 0.4) is 0 Å².